The van der Waals surface area contributed by atoms with E-state index in [0.717, 1.165) is 45.0 Å². The SMILES string of the molecule is CC(Oc1cnc(N2CC(N)C(c3cc(F)c(F)cc3F)C2)nc1)C1CCN(c2nnn(C3CCOC3)n2)CC1. The molecular formula is C26H32F3N9O2. The van der Waals surface area contributed by atoms with Gasteiger partial charge in [-0.2, -0.15) is 4.80 Å². The fourth-order valence-corrected chi connectivity index (χ4v) is 5.76. The first-order valence-electron chi connectivity index (χ1n) is 13.6. The number of rotatable bonds is 7. The van der Waals surface area contributed by atoms with Crippen LogP contribution in [0.15, 0.2) is 24.5 Å². The molecule has 2 N–H and O–H groups in total. The molecule has 0 amide bonds. The number of hydrogen-bond acceptors (Lipinski definition) is 10. The van der Waals surface area contributed by atoms with E-state index < -0.39 is 29.4 Å². The third-order valence-corrected chi connectivity index (χ3v) is 8.16. The van der Waals surface area contributed by atoms with Gasteiger partial charge in [-0.15, -0.1) is 5.10 Å². The first kappa shape index (κ1) is 26.7. The van der Waals surface area contributed by atoms with E-state index in [4.69, 9.17) is 15.2 Å². The monoisotopic (exact) mass is 559 g/mol. The van der Waals surface area contributed by atoms with Crippen LogP contribution in [0.2, 0.25) is 0 Å². The largest absolute Gasteiger partial charge is 0.487 e. The summed E-state index contributed by atoms with van der Waals surface area (Å²) < 4.78 is 53.0. The van der Waals surface area contributed by atoms with Crippen molar-refractivity contribution in [3.8, 4) is 5.75 Å². The maximum absolute atomic E-state index is 14.3. The summed E-state index contributed by atoms with van der Waals surface area (Å²) in [5.41, 5.74) is 6.28. The topological polar surface area (TPSA) is 120 Å². The number of hydrogen-bond donors (Lipinski definition) is 1. The zero-order valence-corrected chi connectivity index (χ0v) is 22.2. The van der Waals surface area contributed by atoms with Crippen LogP contribution in [0.1, 0.15) is 43.7 Å². The molecule has 4 unspecified atom stereocenters. The Balaban J connectivity index is 1.01. The normalized spacial score (nSPS) is 24.6. The highest BCUT2D eigenvalue weighted by Crippen LogP contribution is 2.32. The van der Waals surface area contributed by atoms with Crippen LogP contribution < -0.4 is 20.3 Å². The van der Waals surface area contributed by atoms with E-state index in [9.17, 15) is 13.2 Å². The number of nitrogens with two attached hydrogens (primary N) is 1. The summed E-state index contributed by atoms with van der Waals surface area (Å²) in [6, 6.07) is 1.12. The molecular weight excluding hydrogens is 527 g/mol. The molecule has 3 saturated heterocycles. The van der Waals surface area contributed by atoms with Gasteiger partial charge in [0.1, 0.15) is 5.82 Å². The van der Waals surface area contributed by atoms with E-state index >= 15 is 0 Å². The Hall–Kier alpha value is -3.52. The number of nitrogens with zero attached hydrogens (tertiary/aromatic N) is 8. The van der Waals surface area contributed by atoms with Crippen molar-refractivity contribution in [1.82, 2.24) is 30.2 Å². The van der Waals surface area contributed by atoms with Crippen molar-refractivity contribution in [1.29, 1.82) is 0 Å². The minimum absolute atomic E-state index is 0.0446. The van der Waals surface area contributed by atoms with Crippen molar-refractivity contribution in [2.45, 2.75) is 50.3 Å². The Labute approximate surface area is 229 Å². The molecule has 0 saturated carbocycles. The fraction of sp³-hybridized carbons (Fsp3) is 0.577. The lowest BCUT2D eigenvalue weighted by Crippen LogP contribution is -2.39. The zero-order chi connectivity index (χ0) is 27.8. The Kier molecular flexibility index (Phi) is 7.45. The van der Waals surface area contributed by atoms with Gasteiger partial charge in [-0.05, 0) is 48.9 Å². The minimum atomic E-state index is -1.22. The third kappa shape index (κ3) is 5.42. The average Bonchev–Trinajstić information content (AvgIpc) is 3.73. The van der Waals surface area contributed by atoms with Gasteiger partial charge in [-0.1, -0.05) is 5.10 Å². The second-order valence-electron chi connectivity index (χ2n) is 10.8. The van der Waals surface area contributed by atoms with Crippen molar-refractivity contribution in [3.05, 3.63) is 47.5 Å². The molecule has 3 aliphatic heterocycles. The number of ether oxygens (including phenoxy) is 2. The van der Waals surface area contributed by atoms with Gasteiger partial charge in [0, 0.05) is 50.8 Å². The molecule has 0 aliphatic carbocycles. The second-order valence-corrected chi connectivity index (χ2v) is 10.8. The second kappa shape index (κ2) is 11.2. The summed E-state index contributed by atoms with van der Waals surface area (Å²) in [5.74, 6) is -1.69. The average molecular weight is 560 g/mol. The standard InChI is InChI=1S/C26H32F3N9O2/c1-15(16-2-5-36(6-3-16)26-33-35-38(34-26)17-4-7-39-14-17)40-18-10-31-25(32-11-18)37-12-20(24(30)13-37)19-8-22(28)23(29)9-21(19)27/h8-11,15-17,20,24H,2-7,12-14,30H2,1H3. The van der Waals surface area contributed by atoms with Gasteiger partial charge in [-0.3, -0.25) is 0 Å². The predicted octanol–water partition coefficient (Wildman–Crippen LogP) is 2.46. The lowest BCUT2D eigenvalue weighted by molar-refractivity contribution is 0.132. The number of benzene rings is 1. The third-order valence-electron chi connectivity index (χ3n) is 8.16. The van der Waals surface area contributed by atoms with Gasteiger partial charge < -0.3 is 25.0 Å². The van der Waals surface area contributed by atoms with Crippen molar-refractivity contribution in [2.24, 2.45) is 11.7 Å². The quantitative estimate of drug-likeness (QED) is 0.432. The summed E-state index contributed by atoms with van der Waals surface area (Å²) in [7, 11) is 0. The Bertz CT molecular complexity index is 1310. The summed E-state index contributed by atoms with van der Waals surface area (Å²) in [6.45, 7) is 5.67. The summed E-state index contributed by atoms with van der Waals surface area (Å²) in [6.07, 6.45) is 5.93. The molecule has 3 fully saturated rings. The van der Waals surface area contributed by atoms with Crippen LogP contribution in [0.3, 0.4) is 0 Å². The van der Waals surface area contributed by atoms with E-state index in [-0.39, 0.29) is 24.3 Å². The van der Waals surface area contributed by atoms with Crippen LogP contribution in [0.5, 0.6) is 5.75 Å². The van der Waals surface area contributed by atoms with Crippen LogP contribution in [-0.4, -0.2) is 81.7 Å². The lowest BCUT2D eigenvalue weighted by atomic mass is 9.92. The molecule has 3 aromatic rings. The molecule has 4 atom stereocenters. The molecule has 0 radical (unpaired) electrons. The molecule has 214 valence electrons. The van der Waals surface area contributed by atoms with Crippen molar-refractivity contribution >= 4 is 11.9 Å². The number of piperidine rings is 1. The van der Waals surface area contributed by atoms with Gasteiger partial charge in [-0.25, -0.2) is 23.1 Å². The molecule has 2 aromatic heterocycles. The molecule has 14 heteroatoms. The van der Waals surface area contributed by atoms with Gasteiger partial charge >= 0.3 is 0 Å². The van der Waals surface area contributed by atoms with Gasteiger partial charge in [0.05, 0.1) is 31.1 Å². The number of tetrazole rings is 1. The van der Waals surface area contributed by atoms with Crippen molar-refractivity contribution < 1.29 is 22.6 Å². The van der Waals surface area contributed by atoms with Crippen LogP contribution in [-0.2, 0) is 4.74 Å². The number of aromatic nitrogens is 6. The van der Waals surface area contributed by atoms with E-state index in [1.807, 2.05) is 11.8 Å². The highest BCUT2D eigenvalue weighted by Gasteiger charge is 2.35. The first-order valence-corrected chi connectivity index (χ1v) is 13.6. The van der Waals surface area contributed by atoms with Crippen molar-refractivity contribution in [3.63, 3.8) is 0 Å². The maximum Gasteiger partial charge on any atom is 0.266 e. The van der Waals surface area contributed by atoms with E-state index in [1.165, 1.54) is 0 Å². The van der Waals surface area contributed by atoms with Crippen molar-refractivity contribution in [2.75, 3.05) is 49.2 Å². The van der Waals surface area contributed by atoms with Crippen LogP contribution in [0.25, 0.3) is 0 Å². The molecule has 11 nitrogen and oxygen atoms in total. The highest BCUT2D eigenvalue weighted by molar-refractivity contribution is 5.39. The van der Waals surface area contributed by atoms with Crippen LogP contribution in [0, 0.1) is 23.4 Å². The molecule has 5 heterocycles. The van der Waals surface area contributed by atoms with Crippen LogP contribution >= 0.6 is 0 Å². The number of anilines is 2. The smallest absolute Gasteiger partial charge is 0.266 e. The molecule has 6 rings (SSSR count). The predicted molar refractivity (Wildman–Crippen MR) is 139 cm³/mol. The number of halogens is 3. The van der Waals surface area contributed by atoms with Gasteiger partial charge in [0.15, 0.2) is 17.4 Å². The summed E-state index contributed by atoms with van der Waals surface area (Å²) >= 11 is 0. The van der Waals surface area contributed by atoms with E-state index in [0.29, 0.717) is 42.8 Å². The summed E-state index contributed by atoms with van der Waals surface area (Å²) in [4.78, 5) is 14.5. The maximum atomic E-state index is 14.3. The Morgan fingerprint density at radius 1 is 0.975 bits per heavy atom. The lowest BCUT2D eigenvalue weighted by Gasteiger charge is -2.34. The van der Waals surface area contributed by atoms with Gasteiger partial charge in [0.25, 0.3) is 5.95 Å². The van der Waals surface area contributed by atoms with Crippen LogP contribution in [0.4, 0.5) is 25.1 Å². The summed E-state index contributed by atoms with van der Waals surface area (Å²) in [5, 5.41) is 13.0. The molecule has 1 aromatic carbocycles. The molecule has 40 heavy (non-hydrogen) atoms. The first-order chi connectivity index (χ1) is 19.4. The minimum Gasteiger partial charge on any atom is -0.487 e. The van der Waals surface area contributed by atoms with E-state index in [2.05, 4.69) is 30.3 Å². The van der Waals surface area contributed by atoms with E-state index in [1.54, 1.807) is 17.2 Å². The molecule has 0 spiro atoms. The fourth-order valence-electron chi connectivity index (χ4n) is 5.76. The Morgan fingerprint density at radius 2 is 1.73 bits per heavy atom. The molecule has 0 bridgehead atoms. The molecule has 3 aliphatic rings. The Morgan fingerprint density at radius 3 is 2.45 bits per heavy atom. The van der Waals surface area contributed by atoms with Gasteiger partial charge in [0.2, 0.25) is 5.95 Å². The zero-order valence-electron chi connectivity index (χ0n) is 22.2. The highest BCUT2D eigenvalue weighted by atomic mass is 19.2.